The zero-order valence-corrected chi connectivity index (χ0v) is 10.9. The number of fused-ring (bicyclic) bond motifs is 1. The minimum atomic E-state index is 0.00741. The van der Waals surface area contributed by atoms with E-state index in [4.69, 9.17) is 0 Å². The molecule has 0 saturated carbocycles. The molecule has 1 N–H and O–H groups in total. The monoisotopic (exact) mass is 258 g/mol. The molecule has 19 heavy (non-hydrogen) atoms. The number of benzene rings is 1. The molecule has 1 aromatic rings. The van der Waals surface area contributed by atoms with Crippen LogP contribution >= 0.6 is 0 Å². The summed E-state index contributed by atoms with van der Waals surface area (Å²) in [5.74, 6) is 0.123. The molecule has 100 valence electrons. The molecule has 1 aliphatic carbocycles. The van der Waals surface area contributed by atoms with Gasteiger partial charge in [0, 0.05) is 18.7 Å². The van der Waals surface area contributed by atoms with Crippen LogP contribution in [-0.4, -0.2) is 42.8 Å². The molecular formula is C15H18N2O2. The van der Waals surface area contributed by atoms with Crippen molar-refractivity contribution in [3.63, 3.8) is 0 Å². The first-order valence-corrected chi connectivity index (χ1v) is 6.86. The predicted molar refractivity (Wildman–Crippen MR) is 72.2 cm³/mol. The van der Waals surface area contributed by atoms with Gasteiger partial charge in [0.25, 0.3) is 0 Å². The first kappa shape index (κ1) is 12.4. The lowest BCUT2D eigenvalue weighted by Gasteiger charge is -2.25. The quantitative estimate of drug-likeness (QED) is 0.816. The minimum Gasteiger partial charge on any atom is -0.354 e. The first-order valence-electron chi connectivity index (χ1n) is 6.86. The second kappa shape index (κ2) is 5.13. The molecule has 1 amide bonds. The summed E-state index contributed by atoms with van der Waals surface area (Å²) in [6, 6.07) is 6.05. The largest absolute Gasteiger partial charge is 0.354 e. The molecule has 1 aromatic carbocycles. The maximum Gasteiger partial charge on any atom is 0.234 e. The molecule has 1 saturated heterocycles. The van der Waals surface area contributed by atoms with Crippen molar-refractivity contribution in [2.24, 2.45) is 0 Å². The van der Waals surface area contributed by atoms with E-state index < -0.39 is 0 Å². The molecule has 0 aromatic heterocycles. The van der Waals surface area contributed by atoms with Crippen LogP contribution in [0, 0.1) is 0 Å². The Hall–Kier alpha value is -1.68. The highest BCUT2D eigenvalue weighted by molar-refractivity contribution is 5.98. The summed E-state index contributed by atoms with van der Waals surface area (Å²) in [5, 5.41) is 2.77. The standard InChI is InChI=1S/C15H18N2O2/c18-14(9-17-7-6-16-15(19)10-17)13-5-4-11-2-1-3-12(11)8-13/h4-5,8H,1-3,6-7,9-10H2,(H,16,19). The number of amides is 1. The summed E-state index contributed by atoms with van der Waals surface area (Å²) in [7, 11) is 0. The van der Waals surface area contributed by atoms with Crippen LogP contribution in [0.15, 0.2) is 18.2 Å². The topological polar surface area (TPSA) is 49.4 Å². The van der Waals surface area contributed by atoms with Crippen molar-refractivity contribution in [2.45, 2.75) is 19.3 Å². The summed E-state index contributed by atoms with van der Waals surface area (Å²) in [6.45, 7) is 2.06. The van der Waals surface area contributed by atoms with Gasteiger partial charge in [-0.3, -0.25) is 14.5 Å². The number of piperazine rings is 1. The molecule has 4 nitrogen and oxygen atoms in total. The van der Waals surface area contributed by atoms with Gasteiger partial charge in [-0.25, -0.2) is 0 Å². The lowest BCUT2D eigenvalue weighted by atomic mass is 10.0. The number of rotatable bonds is 3. The third-order valence-corrected chi connectivity index (χ3v) is 3.91. The lowest BCUT2D eigenvalue weighted by molar-refractivity contribution is -0.123. The van der Waals surface area contributed by atoms with Gasteiger partial charge in [-0.2, -0.15) is 0 Å². The summed E-state index contributed by atoms with van der Waals surface area (Å²) < 4.78 is 0. The highest BCUT2D eigenvalue weighted by Crippen LogP contribution is 2.23. The molecule has 2 aliphatic rings. The average molecular weight is 258 g/mol. The van der Waals surface area contributed by atoms with Gasteiger partial charge in [-0.1, -0.05) is 12.1 Å². The van der Waals surface area contributed by atoms with Crippen molar-refractivity contribution < 1.29 is 9.59 Å². The number of carbonyl (C=O) groups is 2. The van der Waals surface area contributed by atoms with Gasteiger partial charge >= 0.3 is 0 Å². The van der Waals surface area contributed by atoms with Gasteiger partial charge < -0.3 is 5.32 Å². The van der Waals surface area contributed by atoms with Crippen molar-refractivity contribution in [1.29, 1.82) is 0 Å². The molecule has 4 heteroatoms. The number of carbonyl (C=O) groups excluding carboxylic acids is 2. The van der Waals surface area contributed by atoms with Crippen molar-refractivity contribution in [3.05, 3.63) is 34.9 Å². The van der Waals surface area contributed by atoms with Gasteiger partial charge in [0.1, 0.15) is 0 Å². The molecule has 1 heterocycles. The van der Waals surface area contributed by atoms with Crippen LogP contribution in [0.5, 0.6) is 0 Å². The van der Waals surface area contributed by atoms with Crippen LogP contribution in [-0.2, 0) is 17.6 Å². The van der Waals surface area contributed by atoms with Crippen LogP contribution in [0.1, 0.15) is 27.9 Å². The Morgan fingerprint density at radius 1 is 1.26 bits per heavy atom. The normalized spacial score (nSPS) is 19.1. The third kappa shape index (κ3) is 2.68. The maximum atomic E-state index is 12.2. The first-order chi connectivity index (χ1) is 9.22. The number of nitrogens with one attached hydrogen (secondary N) is 1. The molecule has 0 atom stereocenters. The van der Waals surface area contributed by atoms with Crippen LogP contribution in [0.3, 0.4) is 0 Å². The van der Waals surface area contributed by atoms with E-state index in [-0.39, 0.29) is 11.7 Å². The number of hydrogen-bond acceptors (Lipinski definition) is 3. The SMILES string of the molecule is O=C1CN(CC(=O)c2ccc3c(c2)CCC3)CCN1. The van der Waals surface area contributed by atoms with Gasteiger partial charge in [0.2, 0.25) is 5.91 Å². The number of aryl methyl sites for hydroxylation is 2. The van der Waals surface area contributed by atoms with Gasteiger partial charge in [-0.05, 0) is 36.5 Å². The molecule has 0 spiro atoms. The van der Waals surface area contributed by atoms with Gasteiger partial charge in [0.15, 0.2) is 5.78 Å². The van der Waals surface area contributed by atoms with E-state index in [1.165, 1.54) is 17.5 Å². The predicted octanol–water partition coefficient (Wildman–Crippen LogP) is 0.790. The molecular weight excluding hydrogens is 240 g/mol. The van der Waals surface area contributed by atoms with Crippen molar-refractivity contribution in [3.8, 4) is 0 Å². The van der Waals surface area contributed by atoms with E-state index >= 15 is 0 Å². The smallest absolute Gasteiger partial charge is 0.234 e. The van der Waals surface area contributed by atoms with E-state index in [0.717, 1.165) is 24.9 Å². The fourth-order valence-electron chi connectivity index (χ4n) is 2.87. The van der Waals surface area contributed by atoms with E-state index in [1.807, 2.05) is 17.0 Å². The zero-order valence-electron chi connectivity index (χ0n) is 10.9. The second-order valence-electron chi connectivity index (χ2n) is 5.32. The second-order valence-corrected chi connectivity index (χ2v) is 5.32. The highest BCUT2D eigenvalue weighted by Gasteiger charge is 2.20. The fraction of sp³-hybridized carbons (Fsp3) is 0.467. The lowest BCUT2D eigenvalue weighted by Crippen LogP contribution is -2.49. The molecule has 0 radical (unpaired) electrons. The number of hydrogen-bond donors (Lipinski definition) is 1. The van der Waals surface area contributed by atoms with Crippen molar-refractivity contribution >= 4 is 11.7 Å². The zero-order chi connectivity index (χ0) is 13.2. The van der Waals surface area contributed by atoms with E-state index in [1.54, 1.807) is 0 Å². The van der Waals surface area contributed by atoms with E-state index in [0.29, 0.717) is 19.6 Å². The van der Waals surface area contributed by atoms with Crippen LogP contribution < -0.4 is 5.32 Å². The number of nitrogens with zero attached hydrogens (tertiary/aromatic N) is 1. The van der Waals surface area contributed by atoms with Gasteiger partial charge in [0.05, 0.1) is 13.1 Å². The summed E-state index contributed by atoms with van der Waals surface area (Å²) in [6.07, 6.45) is 3.41. The average Bonchev–Trinajstić information content (AvgIpc) is 2.85. The van der Waals surface area contributed by atoms with Gasteiger partial charge in [-0.15, -0.1) is 0 Å². The Morgan fingerprint density at radius 2 is 2.11 bits per heavy atom. The molecule has 3 rings (SSSR count). The van der Waals surface area contributed by atoms with Crippen LogP contribution in [0.25, 0.3) is 0 Å². The Bertz CT molecular complexity index is 525. The Labute approximate surface area is 112 Å². The molecule has 1 aliphatic heterocycles. The number of Topliss-reactive ketones (excluding diaryl/α,β-unsaturated/α-hetero) is 1. The van der Waals surface area contributed by atoms with Crippen molar-refractivity contribution in [2.75, 3.05) is 26.2 Å². The van der Waals surface area contributed by atoms with E-state index in [2.05, 4.69) is 11.4 Å². The molecule has 0 bridgehead atoms. The summed E-state index contributed by atoms with van der Waals surface area (Å²) in [4.78, 5) is 25.4. The summed E-state index contributed by atoms with van der Waals surface area (Å²) in [5.41, 5.74) is 3.49. The third-order valence-electron chi connectivity index (χ3n) is 3.91. The maximum absolute atomic E-state index is 12.2. The Morgan fingerprint density at radius 3 is 2.95 bits per heavy atom. The fourth-order valence-corrected chi connectivity index (χ4v) is 2.87. The van der Waals surface area contributed by atoms with Crippen LogP contribution in [0.4, 0.5) is 0 Å². The van der Waals surface area contributed by atoms with Crippen LogP contribution in [0.2, 0.25) is 0 Å². The molecule has 1 fully saturated rings. The summed E-state index contributed by atoms with van der Waals surface area (Å²) >= 11 is 0. The highest BCUT2D eigenvalue weighted by atomic mass is 16.2. The Balaban J connectivity index is 1.68. The van der Waals surface area contributed by atoms with E-state index in [9.17, 15) is 9.59 Å². The Kier molecular flexibility index (Phi) is 3.34. The number of ketones is 1. The minimum absolute atomic E-state index is 0.00741. The molecule has 0 unspecified atom stereocenters. The van der Waals surface area contributed by atoms with Crippen molar-refractivity contribution in [1.82, 2.24) is 10.2 Å².